The van der Waals surface area contributed by atoms with Gasteiger partial charge in [0, 0.05) is 24.4 Å². The lowest BCUT2D eigenvalue weighted by atomic mass is 9.71. The first kappa shape index (κ1) is 14.7. The molecule has 0 spiro atoms. The summed E-state index contributed by atoms with van der Waals surface area (Å²) in [6, 6.07) is 0. The van der Waals surface area contributed by atoms with Crippen molar-refractivity contribution in [3.05, 3.63) is 0 Å². The lowest BCUT2D eigenvalue weighted by Crippen LogP contribution is -2.46. The molecule has 2 heteroatoms. The Bertz CT molecular complexity index is 281. The number of hydrogen-bond acceptors (Lipinski definition) is 2. The van der Waals surface area contributed by atoms with Crippen molar-refractivity contribution >= 4 is 5.78 Å². The highest BCUT2D eigenvalue weighted by Gasteiger charge is 2.35. The molecule has 100 valence electrons. The van der Waals surface area contributed by atoms with Gasteiger partial charge in [-0.25, -0.2) is 0 Å². The molecule has 0 aromatic rings. The molecule has 0 aromatic heterocycles. The first-order valence-electron chi connectivity index (χ1n) is 6.92. The molecule has 1 aliphatic rings. The van der Waals surface area contributed by atoms with Gasteiger partial charge in [0.1, 0.15) is 5.78 Å². The summed E-state index contributed by atoms with van der Waals surface area (Å²) in [6.45, 7) is 12.2. The molecular formula is C15H29NO. The quantitative estimate of drug-likeness (QED) is 0.748. The van der Waals surface area contributed by atoms with Crippen LogP contribution in [-0.2, 0) is 4.79 Å². The molecule has 1 fully saturated rings. The Kier molecular flexibility index (Phi) is 4.40. The predicted octanol–water partition coefficient (Wildman–Crippen LogP) is 3.50. The van der Waals surface area contributed by atoms with Crippen LogP contribution in [0, 0.1) is 11.3 Å². The third kappa shape index (κ3) is 3.80. The topological polar surface area (TPSA) is 20.3 Å². The van der Waals surface area contributed by atoms with Gasteiger partial charge < -0.3 is 4.90 Å². The monoisotopic (exact) mass is 239 g/mol. The second kappa shape index (κ2) is 5.09. The van der Waals surface area contributed by atoms with Crippen LogP contribution in [0.25, 0.3) is 0 Å². The summed E-state index contributed by atoms with van der Waals surface area (Å²) >= 11 is 0. The van der Waals surface area contributed by atoms with Crippen molar-refractivity contribution in [3.63, 3.8) is 0 Å². The Morgan fingerprint density at radius 3 is 2.53 bits per heavy atom. The van der Waals surface area contributed by atoms with Gasteiger partial charge in [-0.05, 0) is 45.6 Å². The molecule has 17 heavy (non-hydrogen) atoms. The van der Waals surface area contributed by atoms with Crippen molar-refractivity contribution in [2.75, 3.05) is 13.6 Å². The summed E-state index contributed by atoms with van der Waals surface area (Å²) in [5.41, 5.74) is 0.539. The number of carbonyl (C=O) groups excluding carboxylic acids is 1. The summed E-state index contributed by atoms with van der Waals surface area (Å²) in [6.07, 6.45) is 4.01. The van der Waals surface area contributed by atoms with E-state index in [1.165, 1.54) is 0 Å². The molecule has 0 bridgehead atoms. The van der Waals surface area contributed by atoms with Crippen LogP contribution in [0.4, 0.5) is 0 Å². The smallest absolute Gasteiger partial charge is 0.137 e. The molecule has 1 rings (SSSR count). The fraction of sp³-hybridized carbons (Fsp3) is 0.933. The van der Waals surface area contributed by atoms with Crippen molar-refractivity contribution in [2.45, 2.75) is 65.8 Å². The van der Waals surface area contributed by atoms with Gasteiger partial charge in [-0.3, -0.25) is 4.79 Å². The van der Waals surface area contributed by atoms with Gasteiger partial charge in [0.25, 0.3) is 0 Å². The molecule has 0 radical (unpaired) electrons. The zero-order chi connectivity index (χ0) is 13.3. The summed E-state index contributed by atoms with van der Waals surface area (Å²) in [5.74, 6) is 0.720. The van der Waals surface area contributed by atoms with E-state index in [1.807, 2.05) is 0 Å². The largest absolute Gasteiger partial charge is 0.301 e. The van der Waals surface area contributed by atoms with Gasteiger partial charge in [0.15, 0.2) is 0 Å². The van der Waals surface area contributed by atoms with E-state index in [0.717, 1.165) is 32.2 Å². The minimum Gasteiger partial charge on any atom is -0.301 e. The Morgan fingerprint density at radius 1 is 1.41 bits per heavy atom. The van der Waals surface area contributed by atoms with Crippen LogP contribution in [0.3, 0.4) is 0 Å². The normalized spacial score (nSPS) is 25.4. The van der Waals surface area contributed by atoms with Gasteiger partial charge in [0.05, 0.1) is 0 Å². The Labute approximate surface area is 107 Å². The number of nitrogens with zero attached hydrogens (tertiary/aromatic N) is 1. The van der Waals surface area contributed by atoms with E-state index in [9.17, 15) is 4.79 Å². The summed E-state index contributed by atoms with van der Waals surface area (Å²) < 4.78 is 0. The maximum atomic E-state index is 12.0. The molecule has 1 unspecified atom stereocenters. The van der Waals surface area contributed by atoms with Gasteiger partial charge >= 0.3 is 0 Å². The minimum atomic E-state index is 0.196. The van der Waals surface area contributed by atoms with E-state index < -0.39 is 0 Å². The van der Waals surface area contributed by atoms with Crippen LogP contribution in [0.2, 0.25) is 0 Å². The summed E-state index contributed by atoms with van der Waals surface area (Å²) in [7, 11) is 2.15. The first-order chi connectivity index (χ1) is 7.68. The number of hydrogen-bond donors (Lipinski definition) is 0. The Hall–Kier alpha value is -0.370. The van der Waals surface area contributed by atoms with Gasteiger partial charge in [0.2, 0.25) is 0 Å². The Morgan fingerprint density at radius 2 is 2.00 bits per heavy atom. The minimum absolute atomic E-state index is 0.196. The van der Waals surface area contributed by atoms with Gasteiger partial charge in [-0.1, -0.05) is 20.8 Å². The standard InChI is InChI=1S/C15H29NO/c1-7-15(4,5)16(6)11-12-10-14(2,3)9-8-13(12)17/h12H,7-11H2,1-6H3. The zero-order valence-corrected chi connectivity index (χ0v) is 12.5. The maximum absolute atomic E-state index is 12.0. The maximum Gasteiger partial charge on any atom is 0.137 e. The second-order valence-corrected chi connectivity index (χ2v) is 7.08. The highest BCUT2D eigenvalue weighted by Crippen LogP contribution is 2.37. The zero-order valence-electron chi connectivity index (χ0n) is 12.5. The average molecular weight is 239 g/mol. The van der Waals surface area contributed by atoms with E-state index >= 15 is 0 Å². The summed E-state index contributed by atoms with van der Waals surface area (Å²) in [5, 5.41) is 0. The molecule has 0 N–H and O–H groups in total. The number of ketones is 1. The van der Waals surface area contributed by atoms with Gasteiger partial charge in [-0.2, -0.15) is 0 Å². The third-order valence-electron chi connectivity index (χ3n) is 4.70. The van der Waals surface area contributed by atoms with E-state index in [-0.39, 0.29) is 11.5 Å². The number of carbonyl (C=O) groups is 1. The van der Waals surface area contributed by atoms with Gasteiger partial charge in [-0.15, -0.1) is 0 Å². The average Bonchev–Trinajstić information content (AvgIpc) is 2.23. The van der Waals surface area contributed by atoms with Crippen molar-refractivity contribution in [1.82, 2.24) is 4.90 Å². The van der Waals surface area contributed by atoms with Crippen molar-refractivity contribution in [1.29, 1.82) is 0 Å². The number of Topliss-reactive ketones (excluding diaryl/α,β-unsaturated/α-hetero) is 1. The number of rotatable bonds is 4. The predicted molar refractivity (Wildman–Crippen MR) is 73.1 cm³/mol. The van der Waals surface area contributed by atoms with Crippen LogP contribution < -0.4 is 0 Å². The van der Waals surface area contributed by atoms with E-state index in [4.69, 9.17) is 0 Å². The van der Waals surface area contributed by atoms with Crippen LogP contribution in [0.5, 0.6) is 0 Å². The SMILES string of the molecule is CCC(C)(C)N(C)CC1CC(C)(C)CCC1=O. The van der Waals surface area contributed by atoms with Crippen LogP contribution in [0.1, 0.15) is 60.3 Å². The molecule has 0 saturated heterocycles. The Balaban J connectivity index is 2.64. The fourth-order valence-corrected chi connectivity index (χ4v) is 2.56. The highest BCUT2D eigenvalue weighted by atomic mass is 16.1. The molecule has 2 nitrogen and oxygen atoms in total. The van der Waals surface area contributed by atoms with Crippen LogP contribution in [0.15, 0.2) is 0 Å². The fourth-order valence-electron chi connectivity index (χ4n) is 2.56. The lowest BCUT2D eigenvalue weighted by molar-refractivity contribution is -0.128. The molecule has 0 aliphatic heterocycles. The van der Waals surface area contributed by atoms with Crippen LogP contribution >= 0.6 is 0 Å². The van der Waals surface area contributed by atoms with Crippen molar-refractivity contribution < 1.29 is 4.79 Å². The molecule has 0 aromatic carbocycles. The highest BCUT2D eigenvalue weighted by molar-refractivity contribution is 5.82. The van der Waals surface area contributed by atoms with E-state index in [0.29, 0.717) is 11.2 Å². The van der Waals surface area contributed by atoms with E-state index in [1.54, 1.807) is 0 Å². The van der Waals surface area contributed by atoms with E-state index in [2.05, 4.69) is 46.6 Å². The van der Waals surface area contributed by atoms with Crippen LogP contribution in [-0.4, -0.2) is 29.8 Å². The molecule has 0 heterocycles. The molecule has 0 amide bonds. The molecular weight excluding hydrogens is 210 g/mol. The van der Waals surface area contributed by atoms with Crippen molar-refractivity contribution in [3.8, 4) is 0 Å². The first-order valence-corrected chi connectivity index (χ1v) is 6.92. The molecule has 1 aliphatic carbocycles. The van der Waals surface area contributed by atoms with Crippen molar-refractivity contribution in [2.24, 2.45) is 11.3 Å². The lowest BCUT2D eigenvalue weighted by Gasteiger charge is -2.40. The third-order valence-corrected chi connectivity index (χ3v) is 4.70. The summed E-state index contributed by atoms with van der Waals surface area (Å²) in [4.78, 5) is 14.4. The molecule has 1 atom stereocenters. The molecule has 1 saturated carbocycles. The second-order valence-electron chi connectivity index (χ2n) is 7.08.